The monoisotopic (exact) mass is 452 g/mol. The predicted octanol–water partition coefficient (Wildman–Crippen LogP) is 2.35. The Hall–Kier alpha value is -3.92. The Morgan fingerprint density at radius 1 is 1.15 bits per heavy atom. The van der Waals surface area contributed by atoms with Gasteiger partial charge in [0.15, 0.2) is 17.2 Å². The number of rotatable bonds is 4. The Kier molecular flexibility index (Phi) is 5.21. The van der Waals surface area contributed by atoms with Crippen LogP contribution in [0.5, 0.6) is 17.2 Å². The number of anilines is 1. The smallest absolute Gasteiger partial charge is 0.280 e. The molecule has 0 saturated carbocycles. The van der Waals surface area contributed by atoms with Crippen molar-refractivity contribution in [3.05, 3.63) is 69.4 Å². The van der Waals surface area contributed by atoms with Crippen LogP contribution in [0.3, 0.4) is 0 Å². The molecule has 9 nitrogen and oxygen atoms in total. The fourth-order valence-electron chi connectivity index (χ4n) is 4.11. The Morgan fingerprint density at radius 3 is 2.67 bits per heavy atom. The number of hydrogen-bond donors (Lipinski definition) is 1. The molecular weight excluding hydrogens is 431 g/mol. The Balaban J connectivity index is 1.56. The Morgan fingerprint density at radius 2 is 1.91 bits per heavy atom. The van der Waals surface area contributed by atoms with E-state index >= 15 is 0 Å². The molecule has 0 radical (unpaired) electrons. The van der Waals surface area contributed by atoms with Crippen LogP contribution in [0.2, 0.25) is 0 Å². The second-order valence-electron chi connectivity index (χ2n) is 7.82. The predicted molar refractivity (Wildman–Crippen MR) is 117 cm³/mol. The molecule has 1 aromatic heterocycles. The maximum absolute atomic E-state index is 13.3. The quantitative estimate of drug-likeness (QED) is 0.649. The van der Waals surface area contributed by atoms with Crippen molar-refractivity contribution in [3.8, 4) is 22.9 Å². The minimum absolute atomic E-state index is 0.00570. The maximum atomic E-state index is 13.3. The van der Waals surface area contributed by atoms with Crippen molar-refractivity contribution in [2.45, 2.75) is 13.0 Å². The van der Waals surface area contributed by atoms with Gasteiger partial charge in [-0.25, -0.2) is 9.07 Å². The molecule has 2 aliphatic rings. The summed E-state index contributed by atoms with van der Waals surface area (Å²) in [5.41, 5.74) is 1.89. The lowest BCUT2D eigenvalue weighted by atomic mass is 9.95. The second-order valence-corrected chi connectivity index (χ2v) is 7.82. The molecule has 0 aliphatic carbocycles. The molecule has 0 atom stereocenters. The first-order valence-electron chi connectivity index (χ1n) is 10.3. The van der Waals surface area contributed by atoms with Gasteiger partial charge in [0, 0.05) is 30.9 Å². The number of nitrogens with zero attached hydrogens (tertiary/aromatic N) is 3. The zero-order valence-corrected chi connectivity index (χ0v) is 18.1. The topological polar surface area (TPSA) is 94.9 Å². The van der Waals surface area contributed by atoms with Gasteiger partial charge in [-0.3, -0.25) is 9.59 Å². The third-order valence-corrected chi connectivity index (χ3v) is 5.71. The number of amides is 1. The molecule has 0 spiro atoms. The number of benzene rings is 2. The Bertz CT molecular complexity index is 1310. The van der Waals surface area contributed by atoms with Crippen LogP contribution < -0.4 is 25.0 Å². The van der Waals surface area contributed by atoms with E-state index in [1.54, 1.807) is 7.11 Å². The van der Waals surface area contributed by atoms with Gasteiger partial charge >= 0.3 is 0 Å². The summed E-state index contributed by atoms with van der Waals surface area (Å²) in [7, 11) is 3.56. The van der Waals surface area contributed by atoms with Gasteiger partial charge in [-0.1, -0.05) is 0 Å². The molecule has 1 N–H and O–H groups in total. The number of nitrogens with one attached hydrogen (secondary N) is 1. The average Bonchev–Trinajstić information content (AvgIpc) is 3.29. The number of fused-ring (bicyclic) bond motifs is 2. The lowest BCUT2D eigenvalue weighted by Gasteiger charge is -2.29. The normalized spacial score (nSPS) is 14.6. The van der Waals surface area contributed by atoms with Crippen LogP contribution in [-0.4, -0.2) is 48.1 Å². The minimum atomic E-state index is -0.680. The highest BCUT2D eigenvalue weighted by atomic mass is 19.1. The highest BCUT2D eigenvalue weighted by Crippen LogP contribution is 2.52. The van der Waals surface area contributed by atoms with E-state index in [0.717, 1.165) is 17.7 Å². The third kappa shape index (κ3) is 3.68. The number of likely N-dealkylation sites (N-methyl/N-ethyl adjacent to an activating group) is 1. The lowest BCUT2D eigenvalue weighted by Crippen LogP contribution is -2.30. The van der Waals surface area contributed by atoms with Gasteiger partial charge in [0.1, 0.15) is 5.82 Å². The number of carbonyl (C=O) groups excluding carboxylic acids is 1. The fraction of sp³-hybridized carbons (Fsp3) is 0.261. The highest BCUT2D eigenvalue weighted by Gasteiger charge is 2.33. The van der Waals surface area contributed by atoms with Crippen molar-refractivity contribution in [1.82, 2.24) is 14.7 Å². The number of methoxy groups -OCH3 is 1. The van der Waals surface area contributed by atoms with E-state index in [2.05, 4.69) is 15.3 Å². The fourth-order valence-corrected chi connectivity index (χ4v) is 4.11. The molecule has 5 rings (SSSR count). The number of carbonyl (C=O) groups is 1. The van der Waals surface area contributed by atoms with E-state index in [9.17, 15) is 14.0 Å². The molecule has 0 unspecified atom stereocenters. The zero-order valence-electron chi connectivity index (χ0n) is 18.1. The van der Waals surface area contributed by atoms with Crippen LogP contribution in [-0.2, 0) is 13.0 Å². The van der Waals surface area contributed by atoms with Crippen molar-refractivity contribution in [3.63, 3.8) is 0 Å². The number of hydrogen-bond acceptors (Lipinski definition) is 7. The van der Waals surface area contributed by atoms with Crippen molar-refractivity contribution in [1.29, 1.82) is 0 Å². The molecule has 3 heterocycles. The molecule has 170 valence electrons. The molecule has 3 aromatic rings. The van der Waals surface area contributed by atoms with Gasteiger partial charge in [-0.15, -0.1) is 0 Å². The van der Waals surface area contributed by atoms with Gasteiger partial charge in [-0.2, -0.15) is 5.10 Å². The summed E-state index contributed by atoms with van der Waals surface area (Å²) in [5.74, 6) is 0.299. The summed E-state index contributed by atoms with van der Waals surface area (Å²) in [5, 5.41) is 7.01. The van der Waals surface area contributed by atoms with Crippen LogP contribution in [0.25, 0.3) is 5.69 Å². The SMILES string of the molecule is COc1c2c(c(NC(=O)c3nn(-c4ccc(F)cc4)ccc3=O)c3c1OCO3)CCN(C)C2. The van der Waals surface area contributed by atoms with Crippen LogP contribution in [0.1, 0.15) is 21.6 Å². The van der Waals surface area contributed by atoms with Crippen LogP contribution in [0, 0.1) is 5.82 Å². The van der Waals surface area contributed by atoms with E-state index in [1.165, 1.54) is 41.2 Å². The van der Waals surface area contributed by atoms with Crippen LogP contribution in [0.15, 0.2) is 41.3 Å². The van der Waals surface area contributed by atoms with E-state index in [1.807, 2.05) is 7.05 Å². The van der Waals surface area contributed by atoms with Crippen molar-refractivity contribution < 1.29 is 23.4 Å². The van der Waals surface area contributed by atoms with Crippen LogP contribution in [0.4, 0.5) is 10.1 Å². The van der Waals surface area contributed by atoms with Crippen LogP contribution >= 0.6 is 0 Å². The summed E-state index contributed by atoms with van der Waals surface area (Å²) in [4.78, 5) is 27.8. The first-order valence-corrected chi connectivity index (χ1v) is 10.3. The van der Waals surface area contributed by atoms with Crippen molar-refractivity contribution in [2.24, 2.45) is 0 Å². The largest absolute Gasteiger partial charge is 0.492 e. The van der Waals surface area contributed by atoms with Gasteiger partial charge < -0.3 is 24.4 Å². The summed E-state index contributed by atoms with van der Waals surface area (Å²) in [6.07, 6.45) is 2.07. The summed E-state index contributed by atoms with van der Waals surface area (Å²) in [6.45, 7) is 1.38. The summed E-state index contributed by atoms with van der Waals surface area (Å²) in [6, 6.07) is 6.80. The molecule has 0 fully saturated rings. The average molecular weight is 452 g/mol. The molecular formula is C23H21FN4O5. The Labute approximate surface area is 188 Å². The van der Waals surface area contributed by atoms with Crippen molar-refractivity contribution in [2.75, 3.05) is 32.8 Å². The molecule has 10 heteroatoms. The number of halogens is 1. The van der Waals surface area contributed by atoms with E-state index in [4.69, 9.17) is 14.2 Å². The summed E-state index contributed by atoms with van der Waals surface area (Å²) < 4.78 is 31.5. The first kappa shape index (κ1) is 21.0. The van der Waals surface area contributed by atoms with Crippen molar-refractivity contribution >= 4 is 11.6 Å². The maximum Gasteiger partial charge on any atom is 0.280 e. The second kappa shape index (κ2) is 8.21. The third-order valence-electron chi connectivity index (χ3n) is 5.71. The number of ether oxygens (including phenoxy) is 3. The van der Waals surface area contributed by atoms with E-state index in [0.29, 0.717) is 41.6 Å². The van der Waals surface area contributed by atoms with Gasteiger partial charge in [0.2, 0.25) is 18.0 Å². The summed E-state index contributed by atoms with van der Waals surface area (Å²) >= 11 is 0. The van der Waals surface area contributed by atoms with Gasteiger partial charge in [-0.05, 0) is 43.3 Å². The zero-order chi connectivity index (χ0) is 23.1. The van der Waals surface area contributed by atoms with E-state index < -0.39 is 17.2 Å². The van der Waals surface area contributed by atoms with Gasteiger partial charge in [0.05, 0.1) is 18.5 Å². The standard InChI is InChI=1S/C23H21FN4O5/c1-27-9-7-15-16(11-27)20(31-2)22-21(32-12-33-22)18(15)25-23(30)19-17(29)8-10-28(26-19)14-5-3-13(24)4-6-14/h3-6,8,10H,7,9,11-12H2,1-2H3,(H,25,30). The first-order chi connectivity index (χ1) is 16.0. The lowest BCUT2D eigenvalue weighted by molar-refractivity contribution is 0.101. The van der Waals surface area contributed by atoms with E-state index in [-0.39, 0.29) is 12.5 Å². The number of aromatic nitrogens is 2. The minimum Gasteiger partial charge on any atom is -0.492 e. The highest BCUT2D eigenvalue weighted by molar-refractivity contribution is 6.05. The molecule has 33 heavy (non-hydrogen) atoms. The van der Waals surface area contributed by atoms with Gasteiger partial charge in [0.25, 0.3) is 5.91 Å². The molecule has 0 bridgehead atoms. The molecule has 1 amide bonds. The molecule has 2 aliphatic heterocycles. The molecule has 0 saturated heterocycles. The molecule has 2 aromatic carbocycles.